The van der Waals surface area contributed by atoms with Crippen LogP contribution in [0, 0.1) is 0 Å². The topological polar surface area (TPSA) is 41.1 Å². The van der Waals surface area contributed by atoms with E-state index >= 15 is 0 Å². The standard InChI is InChI=1S/C16H26N2O.ClH/c1-12(2)15-8-5-14(6-9-15)7-10-16(19)18-11-13(3)17-4;/h5-6,8-9,12-13,17H,7,10-11H2,1-4H3,(H,18,19);1H. The van der Waals surface area contributed by atoms with E-state index in [1.54, 1.807) is 0 Å². The van der Waals surface area contributed by atoms with Crippen molar-refractivity contribution in [3.63, 3.8) is 0 Å². The summed E-state index contributed by atoms with van der Waals surface area (Å²) >= 11 is 0. The molecule has 0 bridgehead atoms. The molecule has 0 heterocycles. The molecule has 1 rings (SSSR count). The summed E-state index contributed by atoms with van der Waals surface area (Å²) < 4.78 is 0. The first-order valence-corrected chi connectivity index (χ1v) is 7.05. The highest BCUT2D eigenvalue weighted by atomic mass is 35.5. The van der Waals surface area contributed by atoms with Crippen molar-refractivity contribution in [1.82, 2.24) is 10.6 Å². The molecule has 4 heteroatoms. The fourth-order valence-corrected chi connectivity index (χ4v) is 1.78. The number of hydrogen-bond donors (Lipinski definition) is 2. The van der Waals surface area contributed by atoms with Crippen LogP contribution in [0.4, 0.5) is 0 Å². The third-order valence-electron chi connectivity index (χ3n) is 3.39. The van der Waals surface area contributed by atoms with Crippen LogP contribution in [0.5, 0.6) is 0 Å². The van der Waals surface area contributed by atoms with Crippen molar-refractivity contribution >= 4 is 18.3 Å². The smallest absolute Gasteiger partial charge is 0.220 e. The highest BCUT2D eigenvalue weighted by molar-refractivity contribution is 5.85. The lowest BCUT2D eigenvalue weighted by molar-refractivity contribution is -0.121. The van der Waals surface area contributed by atoms with Crippen molar-refractivity contribution in [2.75, 3.05) is 13.6 Å². The van der Waals surface area contributed by atoms with Gasteiger partial charge in [-0.2, -0.15) is 0 Å². The summed E-state index contributed by atoms with van der Waals surface area (Å²) in [5.41, 5.74) is 2.57. The zero-order valence-electron chi connectivity index (χ0n) is 12.9. The third-order valence-corrected chi connectivity index (χ3v) is 3.39. The van der Waals surface area contributed by atoms with Crippen molar-refractivity contribution in [2.45, 2.75) is 45.6 Å². The Bertz CT molecular complexity index is 390. The molecule has 0 radical (unpaired) electrons. The summed E-state index contributed by atoms with van der Waals surface area (Å²) in [5, 5.41) is 6.03. The average molecular weight is 299 g/mol. The minimum atomic E-state index is 0. The van der Waals surface area contributed by atoms with Crippen molar-refractivity contribution in [3.05, 3.63) is 35.4 Å². The fourth-order valence-electron chi connectivity index (χ4n) is 1.78. The maximum absolute atomic E-state index is 11.7. The predicted molar refractivity (Wildman–Crippen MR) is 87.6 cm³/mol. The molecule has 2 N–H and O–H groups in total. The van der Waals surface area contributed by atoms with Gasteiger partial charge in [-0.05, 0) is 37.4 Å². The Hall–Kier alpha value is -1.06. The van der Waals surface area contributed by atoms with E-state index in [-0.39, 0.29) is 18.3 Å². The molecular formula is C16H27ClN2O. The second-order valence-corrected chi connectivity index (χ2v) is 5.39. The van der Waals surface area contributed by atoms with Crippen LogP contribution in [0.3, 0.4) is 0 Å². The van der Waals surface area contributed by atoms with Gasteiger partial charge in [-0.15, -0.1) is 12.4 Å². The van der Waals surface area contributed by atoms with Gasteiger partial charge in [-0.1, -0.05) is 38.1 Å². The number of halogens is 1. The Morgan fingerprint density at radius 3 is 2.25 bits per heavy atom. The Kier molecular flexibility index (Phi) is 9.26. The molecule has 0 aliphatic rings. The summed E-state index contributed by atoms with van der Waals surface area (Å²) in [7, 11) is 1.90. The van der Waals surface area contributed by atoms with E-state index in [1.165, 1.54) is 11.1 Å². The first-order valence-electron chi connectivity index (χ1n) is 7.05. The van der Waals surface area contributed by atoms with E-state index in [0.717, 1.165) is 6.42 Å². The number of likely N-dealkylation sites (N-methyl/N-ethyl adjacent to an activating group) is 1. The van der Waals surface area contributed by atoms with Crippen LogP contribution in [-0.2, 0) is 11.2 Å². The quantitative estimate of drug-likeness (QED) is 0.813. The van der Waals surface area contributed by atoms with Gasteiger partial charge in [-0.25, -0.2) is 0 Å². The van der Waals surface area contributed by atoms with Crippen LogP contribution in [-0.4, -0.2) is 25.5 Å². The molecule has 1 unspecified atom stereocenters. The fraction of sp³-hybridized carbons (Fsp3) is 0.562. The van der Waals surface area contributed by atoms with E-state index in [4.69, 9.17) is 0 Å². The van der Waals surface area contributed by atoms with Crippen molar-refractivity contribution in [1.29, 1.82) is 0 Å². The Morgan fingerprint density at radius 2 is 1.75 bits per heavy atom. The Balaban J connectivity index is 0.00000361. The van der Waals surface area contributed by atoms with Gasteiger partial charge < -0.3 is 10.6 Å². The van der Waals surface area contributed by atoms with Crippen molar-refractivity contribution in [3.8, 4) is 0 Å². The molecule has 20 heavy (non-hydrogen) atoms. The number of hydrogen-bond acceptors (Lipinski definition) is 2. The van der Waals surface area contributed by atoms with Gasteiger partial charge in [0.15, 0.2) is 0 Å². The largest absolute Gasteiger partial charge is 0.355 e. The average Bonchev–Trinajstić information content (AvgIpc) is 2.42. The highest BCUT2D eigenvalue weighted by Gasteiger charge is 2.05. The van der Waals surface area contributed by atoms with Gasteiger partial charge in [0.05, 0.1) is 0 Å². The number of amides is 1. The third kappa shape index (κ3) is 6.92. The van der Waals surface area contributed by atoms with Gasteiger partial charge in [-0.3, -0.25) is 4.79 Å². The lowest BCUT2D eigenvalue weighted by Gasteiger charge is -2.11. The number of carbonyl (C=O) groups is 1. The molecule has 0 aliphatic heterocycles. The van der Waals surface area contributed by atoms with E-state index in [9.17, 15) is 4.79 Å². The predicted octanol–water partition coefficient (Wildman–Crippen LogP) is 2.89. The normalized spacial score (nSPS) is 11.8. The zero-order valence-corrected chi connectivity index (χ0v) is 13.7. The van der Waals surface area contributed by atoms with Crippen LogP contribution >= 0.6 is 12.4 Å². The Morgan fingerprint density at radius 1 is 1.15 bits per heavy atom. The van der Waals surface area contributed by atoms with Crippen LogP contribution in [0.2, 0.25) is 0 Å². The summed E-state index contributed by atoms with van der Waals surface area (Å²) in [6, 6.07) is 8.87. The zero-order chi connectivity index (χ0) is 14.3. The second-order valence-electron chi connectivity index (χ2n) is 5.39. The molecule has 0 saturated carbocycles. The SMILES string of the molecule is CNC(C)CNC(=O)CCc1ccc(C(C)C)cc1.Cl. The highest BCUT2D eigenvalue weighted by Crippen LogP contribution is 2.15. The van der Waals surface area contributed by atoms with Crippen LogP contribution in [0.1, 0.15) is 44.2 Å². The maximum Gasteiger partial charge on any atom is 0.220 e. The van der Waals surface area contributed by atoms with E-state index in [1.807, 2.05) is 14.0 Å². The van der Waals surface area contributed by atoms with Gasteiger partial charge >= 0.3 is 0 Å². The van der Waals surface area contributed by atoms with Crippen molar-refractivity contribution in [2.24, 2.45) is 0 Å². The van der Waals surface area contributed by atoms with Gasteiger partial charge in [0.2, 0.25) is 5.91 Å². The molecule has 3 nitrogen and oxygen atoms in total. The molecule has 0 spiro atoms. The number of benzene rings is 1. The molecule has 1 aromatic rings. The van der Waals surface area contributed by atoms with Gasteiger partial charge in [0.25, 0.3) is 0 Å². The van der Waals surface area contributed by atoms with Crippen LogP contribution < -0.4 is 10.6 Å². The van der Waals surface area contributed by atoms with E-state index in [2.05, 4.69) is 48.7 Å². The molecule has 0 fully saturated rings. The maximum atomic E-state index is 11.7. The number of aryl methyl sites for hydroxylation is 1. The first kappa shape index (κ1) is 18.9. The first-order chi connectivity index (χ1) is 9.02. The van der Waals surface area contributed by atoms with Crippen LogP contribution in [0.25, 0.3) is 0 Å². The van der Waals surface area contributed by atoms with E-state index in [0.29, 0.717) is 24.9 Å². The molecule has 114 valence electrons. The molecule has 0 aromatic heterocycles. The number of nitrogens with one attached hydrogen (secondary N) is 2. The van der Waals surface area contributed by atoms with E-state index < -0.39 is 0 Å². The van der Waals surface area contributed by atoms with Crippen LogP contribution in [0.15, 0.2) is 24.3 Å². The molecule has 1 atom stereocenters. The summed E-state index contributed by atoms with van der Waals surface area (Å²) in [6.45, 7) is 7.10. The molecular weight excluding hydrogens is 272 g/mol. The second kappa shape index (κ2) is 9.78. The monoisotopic (exact) mass is 298 g/mol. The van der Waals surface area contributed by atoms with Gasteiger partial charge in [0.1, 0.15) is 0 Å². The number of rotatable bonds is 7. The summed E-state index contributed by atoms with van der Waals surface area (Å²) in [6.07, 6.45) is 1.36. The molecule has 0 saturated heterocycles. The minimum absolute atomic E-state index is 0. The van der Waals surface area contributed by atoms with Crippen molar-refractivity contribution < 1.29 is 4.79 Å². The number of carbonyl (C=O) groups excluding carboxylic acids is 1. The molecule has 1 amide bonds. The minimum Gasteiger partial charge on any atom is -0.355 e. The van der Waals surface area contributed by atoms with Gasteiger partial charge in [0, 0.05) is 19.0 Å². The lowest BCUT2D eigenvalue weighted by Crippen LogP contribution is -2.37. The summed E-state index contributed by atoms with van der Waals surface area (Å²) in [4.78, 5) is 11.7. The molecule has 0 aliphatic carbocycles. The Labute approximate surface area is 128 Å². The molecule has 1 aromatic carbocycles. The summed E-state index contributed by atoms with van der Waals surface area (Å²) in [5.74, 6) is 0.676. The lowest BCUT2D eigenvalue weighted by atomic mass is 10.0.